The van der Waals surface area contributed by atoms with Crippen molar-refractivity contribution in [1.29, 1.82) is 0 Å². The molecule has 0 aliphatic heterocycles. The van der Waals surface area contributed by atoms with E-state index in [-0.39, 0.29) is 34.1 Å². The van der Waals surface area contributed by atoms with Crippen LogP contribution in [-0.2, 0) is 26.2 Å². The summed E-state index contributed by atoms with van der Waals surface area (Å²) in [5, 5.41) is 3.29. The average Bonchev–Trinajstić information content (AvgIpc) is 2.99. The summed E-state index contributed by atoms with van der Waals surface area (Å²) in [5.74, 6) is -0.206. The van der Waals surface area contributed by atoms with Crippen molar-refractivity contribution in [2.24, 2.45) is 0 Å². The molecule has 1 aliphatic carbocycles. The molecule has 1 aliphatic rings. The summed E-state index contributed by atoms with van der Waals surface area (Å²) in [6.45, 7) is 3.06. The predicted octanol–water partition coefficient (Wildman–Crippen LogP) is 5.72. The molecule has 0 spiro atoms. The van der Waals surface area contributed by atoms with Crippen molar-refractivity contribution in [1.82, 2.24) is 10.2 Å². The van der Waals surface area contributed by atoms with Crippen LogP contribution in [0.2, 0.25) is 5.02 Å². The van der Waals surface area contributed by atoms with E-state index >= 15 is 0 Å². The molecule has 3 aromatic rings. The lowest BCUT2D eigenvalue weighted by Crippen LogP contribution is -2.53. The van der Waals surface area contributed by atoms with Crippen molar-refractivity contribution in [3.05, 3.63) is 88.9 Å². The Bertz CT molecular complexity index is 1490. The van der Waals surface area contributed by atoms with Crippen LogP contribution >= 0.6 is 11.6 Å². The van der Waals surface area contributed by atoms with Gasteiger partial charge in [0.1, 0.15) is 18.3 Å². The Morgan fingerprint density at radius 1 is 1.00 bits per heavy atom. The van der Waals surface area contributed by atoms with Gasteiger partial charge < -0.3 is 15.0 Å². The fraction of sp³-hybridized carbons (Fsp3) is 0.375. The van der Waals surface area contributed by atoms with Gasteiger partial charge in [0.15, 0.2) is 0 Å². The number of benzene rings is 3. The summed E-state index contributed by atoms with van der Waals surface area (Å²) in [6, 6.07) is 19.3. The van der Waals surface area contributed by atoms with Crippen molar-refractivity contribution in [3.8, 4) is 5.75 Å². The number of rotatable bonds is 11. The number of amides is 2. The quantitative estimate of drug-likeness (QED) is 0.299. The van der Waals surface area contributed by atoms with Gasteiger partial charge in [-0.05, 0) is 68.7 Å². The van der Waals surface area contributed by atoms with Gasteiger partial charge in [0.25, 0.3) is 10.0 Å². The van der Waals surface area contributed by atoms with Crippen LogP contribution in [0.25, 0.3) is 0 Å². The lowest BCUT2D eigenvalue weighted by molar-refractivity contribution is -0.139. The van der Waals surface area contributed by atoms with Gasteiger partial charge in [-0.25, -0.2) is 8.42 Å². The molecule has 0 heterocycles. The summed E-state index contributed by atoms with van der Waals surface area (Å²) >= 11 is 6.48. The van der Waals surface area contributed by atoms with Crippen LogP contribution < -0.4 is 14.4 Å². The van der Waals surface area contributed by atoms with Crippen LogP contribution in [0, 0.1) is 6.92 Å². The maximum atomic E-state index is 14.1. The first-order valence-electron chi connectivity index (χ1n) is 14.2. The second-order valence-corrected chi connectivity index (χ2v) is 12.9. The van der Waals surface area contributed by atoms with Crippen molar-refractivity contribution in [3.63, 3.8) is 0 Å². The molecule has 1 N–H and O–H groups in total. The third-order valence-electron chi connectivity index (χ3n) is 7.61. The Balaban J connectivity index is 1.69. The molecule has 2 amide bonds. The number of sulfonamides is 1. The summed E-state index contributed by atoms with van der Waals surface area (Å²) in [7, 11) is -2.64. The molecular formula is C32H38ClN3O5S. The molecule has 0 unspecified atom stereocenters. The molecule has 0 radical (unpaired) electrons. The van der Waals surface area contributed by atoms with Crippen LogP contribution in [-0.4, -0.2) is 50.9 Å². The van der Waals surface area contributed by atoms with Gasteiger partial charge in [-0.3, -0.25) is 13.9 Å². The monoisotopic (exact) mass is 611 g/mol. The molecule has 0 aromatic heterocycles. The zero-order chi connectivity index (χ0) is 30.3. The minimum atomic E-state index is -4.19. The molecule has 224 valence electrons. The highest BCUT2D eigenvalue weighted by atomic mass is 35.5. The molecule has 8 nitrogen and oxygen atoms in total. The molecule has 0 saturated heterocycles. The van der Waals surface area contributed by atoms with Crippen molar-refractivity contribution in [2.75, 3.05) is 18.0 Å². The van der Waals surface area contributed by atoms with Gasteiger partial charge in [0.05, 0.1) is 22.7 Å². The largest absolute Gasteiger partial charge is 0.497 e. The Hall–Kier alpha value is -3.56. The van der Waals surface area contributed by atoms with E-state index < -0.39 is 28.5 Å². The molecule has 1 atom stereocenters. The standard InChI is InChI=1S/C32H38ClN3O5S/c1-23-16-18-28(19-17-23)42(39,40)36(30-15-8-7-14-29(30)33)22-31(37)35(21-25-10-9-13-27(20-25)41-3)24(2)32(38)34-26-11-5-4-6-12-26/h7-10,13-20,24,26H,4-6,11-12,21-22H2,1-3H3,(H,34,38)/t24-/m0/s1. The highest BCUT2D eigenvalue weighted by Gasteiger charge is 2.34. The second kappa shape index (κ2) is 14.1. The SMILES string of the molecule is COc1cccc(CN(C(=O)CN(c2ccccc2Cl)S(=O)(=O)c2ccc(C)cc2)[C@@H](C)C(=O)NC2CCCCC2)c1. The lowest BCUT2D eigenvalue weighted by atomic mass is 9.95. The first-order chi connectivity index (χ1) is 20.1. The van der Waals surface area contributed by atoms with Crippen molar-refractivity contribution < 1.29 is 22.7 Å². The number of nitrogens with one attached hydrogen (secondary N) is 1. The Kier molecular flexibility index (Phi) is 10.5. The van der Waals surface area contributed by atoms with Gasteiger partial charge in [-0.1, -0.05) is 72.8 Å². The first kappa shape index (κ1) is 31.4. The summed E-state index contributed by atoms with van der Waals surface area (Å²) in [4.78, 5) is 29.0. The maximum Gasteiger partial charge on any atom is 0.264 e. The summed E-state index contributed by atoms with van der Waals surface area (Å²) in [5.41, 5.74) is 1.82. The molecule has 1 fully saturated rings. The zero-order valence-electron chi connectivity index (χ0n) is 24.3. The number of methoxy groups -OCH3 is 1. The third-order valence-corrected chi connectivity index (χ3v) is 9.71. The lowest BCUT2D eigenvalue weighted by Gasteiger charge is -2.33. The molecule has 1 saturated carbocycles. The van der Waals surface area contributed by atoms with Crippen molar-refractivity contribution >= 4 is 39.1 Å². The van der Waals surface area contributed by atoms with Crippen LogP contribution in [0.1, 0.15) is 50.2 Å². The minimum absolute atomic E-state index is 0.0308. The zero-order valence-corrected chi connectivity index (χ0v) is 25.8. The summed E-state index contributed by atoms with van der Waals surface area (Å²) < 4.78 is 34.3. The fourth-order valence-corrected chi connectivity index (χ4v) is 6.84. The van der Waals surface area contributed by atoms with Gasteiger partial charge in [0, 0.05) is 12.6 Å². The van der Waals surface area contributed by atoms with Crippen molar-refractivity contribution in [2.45, 2.75) is 69.5 Å². The molecule has 0 bridgehead atoms. The Morgan fingerprint density at radius 2 is 1.69 bits per heavy atom. The van der Waals surface area contributed by atoms with Crippen LogP contribution in [0.5, 0.6) is 5.75 Å². The topological polar surface area (TPSA) is 96.0 Å². The molecule has 42 heavy (non-hydrogen) atoms. The normalized spacial score (nSPS) is 14.6. The molecular weight excluding hydrogens is 574 g/mol. The first-order valence-corrected chi connectivity index (χ1v) is 16.0. The number of carbonyl (C=O) groups excluding carboxylic acids is 2. The number of aryl methyl sites for hydroxylation is 1. The van der Waals surface area contributed by atoms with Crippen LogP contribution in [0.3, 0.4) is 0 Å². The number of hydrogen-bond donors (Lipinski definition) is 1. The van der Waals surface area contributed by atoms with Crippen LogP contribution in [0.15, 0.2) is 77.7 Å². The fourth-order valence-electron chi connectivity index (χ4n) is 5.12. The van der Waals surface area contributed by atoms with E-state index in [2.05, 4.69) is 5.32 Å². The van der Waals surface area contributed by atoms with E-state index in [4.69, 9.17) is 16.3 Å². The van der Waals surface area contributed by atoms with E-state index in [1.807, 2.05) is 19.1 Å². The van der Waals surface area contributed by atoms with E-state index in [1.165, 1.54) is 17.0 Å². The smallest absolute Gasteiger partial charge is 0.264 e. The average molecular weight is 612 g/mol. The van der Waals surface area contributed by atoms with Gasteiger partial charge in [-0.2, -0.15) is 0 Å². The van der Waals surface area contributed by atoms with Gasteiger partial charge in [-0.15, -0.1) is 0 Å². The number of carbonyl (C=O) groups is 2. The highest BCUT2D eigenvalue weighted by molar-refractivity contribution is 7.92. The number of para-hydroxylation sites is 1. The van der Waals surface area contributed by atoms with E-state index in [9.17, 15) is 18.0 Å². The van der Waals surface area contributed by atoms with Crippen LogP contribution in [0.4, 0.5) is 5.69 Å². The number of nitrogens with zero attached hydrogens (tertiary/aromatic N) is 2. The molecule has 10 heteroatoms. The maximum absolute atomic E-state index is 14.1. The van der Waals surface area contributed by atoms with E-state index in [0.717, 1.165) is 47.5 Å². The Labute approximate surface area is 253 Å². The van der Waals surface area contributed by atoms with E-state index in [0.29, 0.717) is 5.75 Å². The second-order valence-electron chi connectivity index (χ2n) is 10.7. The third kappa shape index (κ3) is 7.63. The van der Waals surface area contributed by atoms with Gasteiger partial charge >= 0.3 is 0 Å². The minimum Gasteiger partial charge on any atom is -0.497 e. The number of anilines is 1. The predicted molar refractivity (Wildman–Crippen MR) is 165 cm³/mol. The highest BCUT2D eigenvalue weighted by Crippen LogP contribution is 2.31. The summed E-state index contributed by atoms with van der Waals surface area (Å²) in [6.07, 6.45) is 5.05. The number of hydrogen-bond acceptors (Lipinski definition) is 5. The number of ether oxygens (including phenoxy) is 1. The Morgan fingerprint density at radius 3 is 2.36 bits per heavy atom. The molecule has 3 aromatic carbocycles. The van der Waals surface area contributed by atoms with E-state index in [1.54, 1.807) is 62.6 Å². The van der Waals surface area contributed by atoms with Gasteiger partial charge in [0.2, 0.25) is 11.8 Å². The number of halogens is 1. The molecule has 4 rings (SSSR count).